The van der Waals surface area contributed by atoms with Crippen LogP contribution in [0.15, 0.2) is 78.9 Å². The van der Waals surface area contributed by atoms with Gasteiger partial charge in [-0.05, 0) is 35.9 Å². The Kier molecular flexibility index (Phi) is 7.60. The summed E-state index contributed by atoms with van der Waals surface area (Å²) in [6, 6.07) is 25.2. The number of para-hydroxylation sites is 1. The van der Waals surface area contributed by atoms with Crippen molar-refractivity contribution in [2.45, 2.75) is 12.6 Å². The predicted molar refractivity (Wildman–Crippen MR) is 131 cm³/mol. The molecule has 1 heterocycles. The third-order valence-electron chi connectivity index (χ3n) is 6.06. The molecule has 3 aromatic carbocycles. The standard InChI is InChI=1S/C27H31N3O3/c1-32-24-13-14-25(33-2)22(19-24)20-29-15-17-30(18-16-29)26(21-9-5-3-6-10-21)27(31)28-23-11-7-4-8-12-23/h3-14,19,26H,15-18,20H2,1-2H3,(H,28,31). The predicted octanol–water partition coefficient (Wildman–Crippen LogP) is 4.20. The van der Waals surface area contributed by atoms with Gasteiger partial charge in [0.15, 0.2) is 0 Å². The van der Waals surface area contributed by atoms with E-state index >= 15 is 0 Å². The molecule has 33 heavy (non-hydrogen) atoms. The van der Waals surface area contributed by atoms with E-state index in [-0.39, 0.29) is 11.9 Å². The fourth-order valence-corrected chi connectivity index (χ4v) is 4.32. The molecule has 0 saturated carbocycles. The molecule has 0 aromatic heterocycles. The Morgan fingerprint density at radius 3 is 2.18 bits per heavy atom. The van der Waals surface area contributed by atoms with Gasteiger partial charge in [-0.15, -0.1) is 0 Å². The van der Waals surface area contributed by atoms with Gasteiger partial charge >= 0.3 is 0 Å². The number of methoxy groups -OCH3 is 2. The highest BCUT2D eigenvalue weighted by molar-refractivity contribution is 5.95. The molecule has 4 rings (SSSR count). The molecular formula is C27H31N3O3. The van der Waals surface area contributed by atoms with Gasteiger partial charge in [-0.1, -0.05) is 48.5 Å². The Hall–Kier alpha value is -3.35. The lowest BCUT2D eigenvalue weighted by molar-refractivity contribution is -0.122. The molecular weight excluding hydrogens is 414 g/mol. The normalized spacial score (nSPS) is 15.6. The number of nitrogens with one attached hydrogen (secondary N) is 1. The van der Waals surface area contributed by atoms with E-state index in [1.54, 1.807) is 14.2 Å². The van der Waals surface area contributed by atoms with E-state index in [0.29, 0.717) is 0 Å². The highest BCUT2D eigenvalue weighted by Crippen LogP contribution is 2.28. The van der Waals surface area contributed by atoms with Crippen molar-refractivity contribution >= 4 is 11.6 Å². The van der Waals surface area contributed by atoms with E-state index in [4.69, 9.17) is 9.47 Å². The molecule has 1 saturated heterocycles. The van der Waals surface area contributed by atoms with Crippen molar-refractivity contribution in [2.24, 2.45) is 0 Å². The monoisotopic (exact) mass is 445 g/mol. The van der Waals surface area contributed by atoms with Crippen molar-refractivity contribution in [2.75, 3.05) is 45.7 Å². The van der Waals surface area contributed by atoms with E-state index in [0.717, 1.165) is 61.0 Å². The smallest absolute Gasteiger partial charge is 0.246 e. The van der Waals surface area contributed by atoms with Crippen LogP contribution in [0.4, 0.5) is 5.69 Å². The first-order valence-corrected chi connectivity index (χ1v) is 11.3. The van der Waals surface area contributed by atoms with Gasteiger partial charge in [0.25, 0.3) is 0 Å². The summed E-state index contributed by atoms with van der Waals surface area (Å²) in [5.41, 5.74) is 2.92. The van der Waals surface area contributed by atoms with Gasteiger partial charge in [-0.3, -0.25) is 14.6 Å². The van der Waals surface area contributed by atoms with Crippen molar-refractivity contribution in [3.05, 3.63) is 90.0 Å². The summed E-state index contributed by atoms with van der Waals surface area (Å²) in [6.07, 6.45) is 0. The second kappa shape index (κ2) is 11.0. The van der Waals surface area contributed by atoms with Gasteiger partial charge in [0.1, 0.15) is 17.5 Å². The zero-order valence-electron chi connectivity index (χ0n) is 19.2. The van der Waals surface area contributed by atoms with Gasteiger partial charge in [0.05, 0.1) is 14.2 Å². The summed E-state index contributed by atoms with van der Waals surface area (Å²) >= 11 is 0. The Bertz CT molecular complexity index is 1030. The minimum atomic E-state index is -0.333. The van der Waals surface area contributed by atoms with Gasteiger partial charge < -0.3 is 14.8 Å². The molecule has 0 bridgehead atoms. The van der Waals surface area contributed by atoms with E-state index in [1.807, 2.05) is 78.9 Å². The molecule has 6 nitrogen and oxygen atoms in total. The third kappa shape index (κ3) is 5.72. The van der Waals surface area contributed by atoms with Crippen LogP contribution in [0.5, 0.6) is 11.5 Å². The highest BCUT2D eigenvalue weighted by Gasteiger charge is 2.30. The van der Waals surface area contributed by atoms with Crippen molar-refractivity contribution in [1.82, 2.24) is 9.80 Å². The lowest BCUT2D eigenvalue weighted by Crippen LogP contribution is -2.49. The molecule has 0 aliphatic carbocycles. The zero-order valence-corrected chi connectivity index (χ0v) is 19.2. The summed E-state index contributed by atoms with van der Waals surface area (Å²) in [6.45, 7) is 4.10. The van der Waals surface area contributed by atoms with E-state index in [2.05, 4.69) is 15.1 Å². The van der Waals surface area contributed by atoms with Crippen LogP contribution in [-0.2, 0) is 11.3 Å². The maximum Gasteiger partial charge on any atom is 0.246 e. The Morgan fingerprint density at radius 1 is 0.879 bits per heavy atom. The second-order valence-electron chi connectivity index (χ2n) is 8.16. The first-order chi connectivity index (χ1) is 16.2. The van der Waals surface area contributed by atoms with E-state index < -0.39 is 0 Å². The maximum atomic E-state index is 13.3. The number of rotatable bonds is 8. The zero-order chi connectivity index (χ0) is 23.0. The number of carbonyl (C=O) groups excluding carboxylic acids is 1. The van der Waals surface area contributed by atoms with E-state index in [9.17, 15) is 4.79 Å². The Morgan fingerprint density at radius 2 is 1.55 bits per heavy atom. The molecule has 1 aliphatic heterocycles. The van der Waals surface area contributed by atoms with Gasteiger partial charge in [-0.25, -0.2) is 0 Å². The Labute approximate surface area is 195 Å². The summed E-state index contributed by atoms with van der Waals surface area (Å²) in [5.74, 6) is 1.68. The lowest BCUT2D eigenvalue weighted by atomic mass is 10.0. The van der Waals surface area contributed by atoms with Crippen LogP contribution in [0, 0.1) is 0 Å². The second-order valence-corrected chi connectivity index (χ2v) is 8.16. The number of ether oxygens (including phenoxy) is 2. The summed E-state index contributed by atoms with van der Waals surface area (Å²) in [4.78, 5) is 18.0. The Balaban J connectivity index is 1.46. The van der Waals surface area contributed by atoms with Crippen LogP contribution in [0.25, 0.3) is 0 Å². The van der Waals surface area contributed by atoms with Crippen molar-refractivity contribution in [1.29, 1.82) is 0 Å². The van der Waals surface area contributed by atoms with Crippen LogP contribution in [0.1, 0.15) is 17.2 Å². The SMILES string of the molecule is COc1ccc(OC)c(CN2CCN(C(C(=O)Nc3ccccc3)c3ccccc3)CC2)c1. The molecule has 172 valence electrons. The van der Waals surface area contributed by atoms with Crippen molar-refractivity contribution < 1.29 is 14.3 Å². The number of anilines is 1. The van der Waals surface area contributed by atoms with Crippen LogP contribution >= 0.6 is 0 Å². The third-order valence-corrected chi connectivity index (χ3v) is 6.06. The van der Waals surface area contributed by atoms with Crippen LogP contribution in [0.3, 0.4) is 0 Å². The number of piperazine rings is 1. The molecule has 1 unspecified atom stereocenters. The van der Waals surface area contributed by atoms with Gasteiger partial charge in [-0.2, -0.15) is 0 Å². The summed E-state index contributed by atoms with van der Waals surface area (Å²) in [7, 11) is 3.37. The average molecular weight is 446 g/mol. The number of carbonyl (C=O) groups is 1. The maximum absolute atomic E-state index is 13.3. The van der Waals surface area contributed by atoms with Crippen molar-refractivity contribution in [3.63, 3.8) is 0 Å². The van der Waals surface area contributed by atoms with Crippen molar-refractivity contribution in [3.8, 4) is 11.5 Å². The van der Waals surface area contributed by atoms with Gasteiger partial charge in [0, 0.05) is 44.0 Å². The molecule has 0 spiro atoms. The molecule has 1 N–H and O–H groups in total. The minimum Gasteiger partial charge on any atom is -0.497 e. The number of nitrogens with zero attached hydrogens (tertiary/aromatic N) is 2. The molecule has 1 amide bonds. The molecule has 0 radical (unpaired) electrons. The largest absolute Gasteiger partial charge is 0.497 e. The number of benzene rings is 3. The lowest BCUT2D eigenvalue weighted by Gasteiger charge is -2.39. The van der Waals surface area contributed by atoms with Crippen LogP contribution in [-0.4, -0.2) is 56.1 Å². The number of hydrogen-bond donors (Lipinski definition) is 1. The first-order valence-electron chi connectivity index (χ1n) is 11.3. The number of hydrogen-bond acceptors (Lipinski definition) is 5. The number of amides is 1. The molecule has 3 aromatic rings. The molecule has 1 aliphatic rings. The van der Waals surface area contributed by atoms with Crippen LogP contribution < -0.4 is 14.8 Å². The van der Waals surface area contributed by atoms with Crippen LogP contribution in [0.2, 0.25) is 0 Å². The van der Waals surface area contributed by atoms with Gasteiger partial charge in [0.2, 0.25) is 5.91 Å². The fourth-order valence-electron chi connectivity index (χ4n) is 4.32. The summed E-state index contributed by atoms with van der Waals surface area (Å²) < 4.78 is 10.9. The quantitative estimate of drug-likeness (QED) is 0.563. The molecule has 6 heteroatoms. The molecule has 1 fully saturated rings. The minimum absolute atomic E-state index is 0.00434. The summed E-state index contributed by atoms with van der Waals surface area (Å²) in [5, 5.41) is 3.09. The first kappa shape index (κ1) is 22.8. The molecule has 1 atom stereocenters. The highest BCUT2D eigenvalue weighted by atomic mass is 16.5. The topological polar surface area (TPSA) is 54.0 Å². The average Bonchev–Trinajstić information content (AvgIpc) is 2.86. The van der Waals surface area contributed by atoms with E-state index in [1.165, 1.54) is 0 Å². The fraction of sp³-hybridized carbons (Fsp3) is 0.296.